The van der Waals surface area contributed by atoms with Crippen molar-refractivity contribution in [1.82, 2.24) is 0 Å². The third kappa shape index (κ3) is 4.56. The minimum Gasteiger partial charge on any atom is -0.497 e. The lowest BCUT2D eigenvalue weighted by molar-refractivity contribution is 0.0697. The lowest BCUT2D eigenvalue weighted by Crippen LogP contribution is -2.44. The molecule has 7 heteroatoms. The lowest BCUT2D eigenvalue weighted by Gasteiger charge is -2.41. The Balaban J connectivity index is 1.91. The molecule has 1 heterocycles. The van der Waals surface area contributed by atoms with Crippen LogP contribution in [0.3, 0.4) is 0 Å². The Hall–Kier alpha value is -2.54. The normalized spacial score (nSPS) is 19.0. The van der Waals surface area contributed by atoms with Crippen molar-refractivity contribution in [2.75, 3.05) is 17.3 Å². The summed E-state index contributed by atoms with van der Waals surface area (Å²) in [5.41, 5.74) is 1.72. The average Bonchev–Trinajstić information content (AvgIpc) is 2.68. The lowest BCUT2D eigenvalue weighted by atomic mass is 9.95. The number of benzene rings is 2. The van der Waals surface area contributed by atoms with Gasteiger partial charge in [-0.3, -0.25) is 4.79 Å². The summed E-state index contributed by atoms with van der Waals surface area (Å²) in [5.74, 6) is -0.795. The minimum absolute atomic E-state index is 0.188. The molecule has 2 atom stereocenters. The Morgan fingerprint density at radius 2 is 1.79 bits per heavy atom. The highest BCUT2D eigenvalue weighted by molar-refractivity contribution is 9.10. The number of carbonyl (C=O) groups is 2. The Morgan fingerprint density at radius 3 is 2.41 bits per heavy atom. The first kappa shape index (κ1) is 21.2. The predicted molar refractivity (Wildman–Crippen MR) is 117 cm³/mol. The molecule has 6 nitrogen and oxygen atoms in total. The zero-order chi connectivity index (χ0) is 21.1. The molecule has 2 aromatic rings. The van der Waals surface area contributed by atoms with Gasteiger partial charge in [0.1, 0.15) is 5.75 Å². The second-order valence-corrected chi connectivity index (χ2v) is 8.23. The maximum atomic E-state index is 12.7. The molecule has 0 radical (unpaired) electrons. The fraction of sp³-hybridized carbons (Fsp3) is 0.364. The number of halogens is 1. The number of nitrogens with zero attached hydrogens (tertiary/aromatic N) is 1. The summed E-state index contributed by atoms with van der Waals surface area (Å²) in [5, 5.41) is 12.6. The Bertz CT molecular complexity index is 921. The number of anilines is 2. The summed E-state index contributed by atoms with van der Waals surface area (Å²) in [6.45, 7) is 4.24. The standard InChI is InChI=1S/C22H25BrN2O4/c1-13-5-4-6-14(2)25(13)20-10-7-15(11-18(20)22(27)28)24-21(26)17-12-16(29-3)8-9-19(17)23/h7-14H,4-6H2,1-3H3,(H,24,26)(H,27,28)/t13-,14-/m1/s1. The van der Waals surface area contributed by atoms with E-state index in [1.54, 1.807) is 30.3 Å². The number of carboxylic acids is 1. The highest BCUT2D eigenvalue weighted by atomic mass is 79.9. The molecule has 29 heavy (non-hydrogen) atoms. The van der Waals surface area contributed by atoms with Crippen LogP contribution in [0.15, 0.2) is 40.9 Å². The molecule has 1 saturated heterocycles. The summed E-state index contributed by atoms with van der Waals surface area (Å²) in [4.78, 5) is 26.9. The van der Waals surface area contributed by atoms with Gasteiger partial charge in [-0.15, -0.1) is 0 Å². The molecule has 0 aromatic heterocycles. The molecular weight excluding hydrogens is 436 g/mol. The molecule has 0 spiro atoms. The third-order valence-electron chi connectivity index (χ3n) is 5.37. The van der Waals surface area contributed by atoms with E-state index in [2.05, 4.69) is 40.0 Å². The van der Waals surface area contributed by atoms with E-state index in [9.17, 15) is 14.7 Å². The number of carbonyl (C=O) groups excluding carboxylic acids is 1. The summed E-state index contributed by atoms with van der Waals surface area (Å²) in [6.07, 6.45) is 3.21. The first-order valence-electron chi connectivity index (χ1n) is 9.62. The number of methoxy groups -OCH3 is 1. The topological polar surface area (TPSA) is 78.9 Å². The summed E-state index contributed by atoms with van der Waals surface area (Å²) in [7, 11) is 1.53. The van der Waals surface area contributed by atoms with Crippen LogP contribution in [0.4, 0.5) is 11.4 Å². The van der Waals surface area contributed by atoms with Gasteiger partial charge in [0.15, 0.2) is 0 Å². The molecule has 0 aliphatic carbocycles. The van der Waals surface area contributed by atoms with E-state index in [0.717, 1.165) is 19.3 Å². The molecule has 1 amide bonds. The maximum Gasteiger partial charge on any atom is 0.337 e. The number of piperidine rings is 1. The van der Waals surface area contributed by atoms with Crippen LogP contribution in [0.25, 0.3) is 0 Å². The SMILES string of the molecule is COc1ccc(Br)c(C(=O)Nc2ccc(N3[C@H](C)CCC[C@H]3C)c(C(=O)O)c2)c1. The van der Waals surface area contributed by atoms with Crippen LogP contribution in [-0.4, -0.2) is 36.2 Å². The van der Waals surface area contributed by atoms with E-state index in [1.165, 1.54) is 13.2 Å². The van der Waals surface area contributed by atoms with Crippen LogP contribution in [0.2, 0.25) is 0 Å². The summed E-state index contributed by atoms with van der Waals surface area (Å²) in [6, 6.07) is 10.7. The zero-order valence-corrected chi connectivity index (χ0v) is 18.3. The van der Waals surface area contributed by atoms with Crippen molar-refractivity contribution in [2.24, 2.45) is 0 Å². The van der Waals surface area contributed by atoms with Crippen LogP contribution in [0.1, 0.15) is 53.8 Å². The number of carboxylic acid groups (broad SMARTS) is 1. The fourth-order valence-corrected chi connectivity index (χ4v) is 4.34. The molecule has 0 saturated carbocycles. The van der Waals surface area contributed by atoms with Crippen LogP contribution in [0, 0.1) is 0 Å². The van der Waals surface area contributed by atoms with E-state index < -0.39 is 5.97 Å². The van der Waals surface area contributed by atoms with E-state index >= 15 is 0 Å². The van der Waals surface area contributed by atoms with E-state index in [0.29, 0.717) is 27.2 Å². The van der Waals surface area contributed by atoms with Gasteiger partial charge < -0.3 is 20.1 Å². The monoisotopic (exact) mass is 460 g/mol. The maximum absolute atomic E-state index is 12.7. The smallest absolute Gasteiger partial charge is 0.337 e. The molecule has 1 aliphatic rings. The summed E-state index contributed by atoms with van der Waals surface area (Å²) < 4.78 is 5.81. The first-order valence-corrected chi connectivity index (χ1v) is 10.4. The number of nitrogens with one attached hydrogen (secondary N) is 1. The molecule has 2 N–H and O–H groups in total. The number of hydrogen-bond acceptors (Lipinski definition) is 4. The van der Waals surface area contributed by atoms with Crippen molar-refractivity contribution >= 4 is 39.2 Å². The average molecular weight is 461 g/mol. The quantitative estimate of drug-likeness (QED) is 0.642. The van der Waals surface area contributed by atoms with Gasteiger partial charge in [-0.25, -0.2) is 4.79 Å². The highest BCUT2D eigenvalue weighted by Crippen LogP contribution is 2.33. The summed E-state index contributed by atoms with van der Waals surface area (Å²) >= 11 is 3.37. The van der Waals surface area contributed by atoms with Crippen molar-refractivity contribution in [3.63, 3.8) is 0 Å². The molecule has 154 valence electrons. The molecule has 2 aromatic carbocycles. The van der Waals surface area contributed by atoms with Gasteiger partial charge in [-0.05, 0) is 85.4 Å². The van der Waals surface area contributed by atoms with Gasteiger partial charge in [0, 0.05) is 22.2 Å². The van der Waals surface area contributed by atoms with Crippen molar-refractivity contribution in [2.45, 2.75) is 45.2 Å². The molecule has 1 aliphatic heterocycles. The number of hydrogen-bond donors (Lipinski definition) is 2. The predicted octanol–water partition coefficient (Wildman–Crippen LogP) is 5.18. The number of ether oxygens (including phenoxy) is 1. The first-order chi connectivity index (χ1) is 13.8. The van der Waals surface area contributed by atoms with Crippen LogP contribution in [0.5, 0.6) is 5.75 Å². The van der Waals surface area contributed by atoms with Crippen LogP contribution >= 0.6 is 15.9 Å². The van der Waals surface area contributed by atoms with Gasteiger partial charge in [0.2, 0.25) is 0 Å². The minimum atomic E-state index is -1.01. The number of amides is 1. The van der Waals surface area contributed by atoms with E-state index in [-0.39, 0.29) is 23.6 Å². The van der Waals surface area contributed by atoms with Gasteiger partial charge in [0.05, 0.1) is 23.9 Å². The Morgan fingerprint density at radius 1 is 1.10 bits per heavy atom. The Labute approximate surface area is 179 Å². The zero-order valence-electron chi connectivity index (χ0n) is 16.7. The largest absolute Gasteiger partial charge is 0.497 e. The second-order valence-electron chi connectivity index (χ2n) is 7.37. The van der Waals surface area contributed by atoms with Crippen LogP contribution in [-0.2, 0) is 0 Å². The fourth-order valence-electron chi connectivity index (χ4n) is 3.91. The van der Waals surface area contributed by atoms with Gasteiger partial charge in [0.25, 0.3) is 5.91 Å². The molecular formula is C22H25BrN2O4. The van der Waals surface area contributed by atoms with E-state index in [1.807, 2.05) is 0 Å². The van der Waals surface area contributed by atoms with Gasteiger partial charge in [-0.1, -0.05) is 0 Å². The molecule has 0 bridgehead atoms. The van der Waals surface area contributed by atoms with Crippen molar-refractivity contribution in [1.29, 1.82) is 0 Å². The van der Waals surface area contributed by atoms with Gasteiger partial charge in [-0.2, -0.15) is 0 Å². The second kappa shape index (κ2) is 8.86. The number of rotatable bonds is 5. The van der Waals surface area contributed by atoms with Crippen molar-refractivity contribution in [3.8, 4) is 5.75 Å². The Kier molecular flexibility index (Phi) is 6.47. The van der Waals surface area contributed by atoms with Crippen molar-refractivity contribution < 1.29 is 19.4 Å². The molecule has 3 rings (SSSR count). The van der Waals surface area contributed by atoms with Gasteiger partial charge >= 0.3 is 5.97 Å². The third-order valence-corrected chi connectivity index (χ3v) is 6.07. The molecule has 1 fully saturated rings. The highest BCUT2D eigenvalue weighted by Gasteiger charge is 2.28. The molecule has 0 unspecified atom stereocenters. The van der Waals surface area contributed by atoms with E-state index in [4.69, 9.17) is 4.74 Å². The van der Waals surface area contributed by atoms with Crippen LogP contribution < -0.4 is 15.0 Å². The van der Waals surface area contributed by atoms with Crippen molar-refractivity contribution in [3.05, 3.63) is 52.0 Å². The number of aromatic carboxylic acids is 1.